The molecule has 0 aliphatic rings. The zero-order valence-corrected chi connectivity index (χ0v) is 20.7. The van der Waals surface area contributed by atoms with E-state index in [4.69, 9.17) is 15.3 Å². The van der Waals surface area contributed by atoms with Crippen LogP contribution in [-0.4, -0.2) is 47.4 Å². The first-order valence-corrected chi connectivity index (χ1v) is 11.1. The van der Waals surface area contributed by atoms with Gasteiger partial charge in [0.15, 0.2) is 0 Å². The zero-order chi connectivity index (χ0) is 23.5. The average molecular weight is 478 g/mol. The quantitative estimate of drug-likeness (QED) is 0.194. The van der Waals surface area contributed by atoms with Gasteiger partial charge in [0.2, 0.25) is 0 Å². The van der Waals surface area contributed by atoms with E-state index in [1.54, 1.807) is 18.2 Å². The van der Waals surface area contributed by atoms with E-state index in [2.05, 4.69) is 5.10 Å². The highest BCUT2D eigenvalue weighted by Gasteiger charge is 2.21. The molecule has 0 spiro atoms. The Morgan fingerprint density at radius 1 is 0.970 bits per heavy atom. The number of carbonyl (C=O) groups is 1. The molecular weight excluding hydrogens is 442 g/mol. The van der Waals surface area contributed by atoms with E-state index in [1.165, 1.54) is 6.21 Å². The predicted molar refractivity (Wildman–Crippen MR) is 135 cm³/mol. The first-order valence-electron chi connectivity index (χ1n) is 11.1. The van der Waals surface area contributed by atoms with Crippen LogP contribution in [0.4, 0.5) is 0 Å². The normalized spacial score (nSPS) is 11.0. The highest BCUT2D eigenvalue weighted by atomic mass is 35.5. The van der Waals surface area contributed by atoms with Crippen LogP contribution in [0.1, 0.15) is 62.9 Å². The molecule has 2 aromatic carbocycles. The summed E-state index contributed by atoms with van der Waals surface area (Å²) in [5, 5.41) is 13.3. The monoisotopic (exact) mass is 477 g/mol. The number of hydrazone groups is 1. The number of nitrogens with zero attached hydrogens (tertiary/aromatic N) is 2. The number of ether oxygens (including phenoxy) is 2. The SMILES string of the molecule is CC(C)N(C(=O)c1ccc(OCCCCCOc2ccc(C=NN)c(O)c2)cc1)C(C)C.Cl. The van der Waals surface area contributed by atoms with E-state index in [9.17, 15) is 9.90 Å². The Morgan fingerprint density at radius 3 is 2.03 bits per heavy atom. The molecule has 0 aliphatic heterocycles. The van der Waals surface area contributed by atoms with Gasteiger partial charge in [-0.15, -0.1) is 12.4 Å². The number of phenols is 1. The van der Waals surface area contributed by atoms with Crippen LogP contribution in [0.15, 0.2) is 47.6 Å². The fourth-order valence-electron chi connectivity index (χ4n) is 3.47. The van der Waals surface area contributed by atoms with Gasteiger partial charge < -0.3 is 25.3 Å². The summed E-state index contributed by atoms with van der Waals surface area (Å²) < 4.78 is 11.5. The number of carbonyl (C=O) groups excluding carboxylic acids is 1. The smallest absolute Gasteiger partial charge is 0.254 e. The van der Waals surface area contributed by atoms with E-state index in [0.717, 1.165) is 25.0 Å². The van der Waals surface area contributed by atoms with Gasteiger partial charge in [0, 0.05) is 29.3 Å². The van der Waals surface area contributed by atoms with E-state index in [0.29, 0.717) is 30.1 Å². The molecule has 1 amide bonds. The maximum atomic E-state index is 12.7. The van der Waals surface area contributed by atoms with Gasteiger partial charge in [0.25, 0.3) is 5.91 Å². The Hall–Kier alpha value is -2.93. The summed E-state index contributed by atoms with van der Waals surface area (Å²) in [6.45, 7) is 9.27. The number of amides is 1. The molecule has 8 heteroatoms. The maximum Gasteiger partial charge on any atom is 0.254 e. The van der Waals surface area contributed by atoms with Crippen LogP contribution in [0.5, 0.6) is 17.2 Å². The Morgan fingerprint density at radius 2 is 1.52 bits per heavy atom. The number of hydrogen-bond acceptors (Lipinski definition) is 6. The lowest BCUT2D eigenvalue weighted by atomic mass is 10.1. The summed E-state index contributed by atoms with van der Waals surface area (Å²) in [4.78, 5) is 14.6. The number of benzene rings is 2. The summed E-state index contributed by atoms with van der Waals surface area (Å²) in [5.74, 6) is 6.58. The molecule has 0 unspecified atom stereocenters. The third-order valence-electron chi connectivity index (χ3n) is 4.99. The lowest BCUT2D eigenvalue weighted by Gasteiger charge is -2.30. The van der Waals surface area contributed by atoms with Crippen molar-refractivity contribution in [3.63, 3.8) is 0 Å². The van der Waals surface area contributed by atoms with Crippen molar-refractivity contribution in [1.82, 2.24) is 4.90 Å². The third-order valence-corrected chi connectivity index (χ3v) is 4.99. The van der Waals surface area contributed by atoms with Gasteiger partial charge in [-0.1, -0.05) is 0 Å². The molecule has 2 rings (SSSR count). The number of phenolic OH excluding ortho intramolecular Hbond substituents is 1. The Balaban J connectivity index is 0.00000544. The first kappa shape index (κ1) is 28.1. The summed E-state index contributed by atoms with van der Waals surface area (Å²) in [5.41, 5.74) is 1.22. The highest BCUT2D eigenvalue weighted by Crippen LogP contribution is 2.22. The molecule has 7 nitrogen and oxygen atoms in total. The molecule has 0 aromatic heterocycles. The summed E-state index contributed by atoms with van der Waals surface area (Å²) in [7, 11) is 0. The molecule has 3 N–H and O–H groups in total. The molecule has 0 bridgehead atoms. The lowest BCUT2D eigenvalue weighted by molar-refractivity contribution is 0.0643. The second kappa shape index (κ2) is 14.3. The van der Waals surface area contributed by atoms with Gasteiger partial charge in [-0.3, -0.25) is 4.79 Å². The van der Waals surface area contributed by atoms with Gasteiger partial charge in [0.1, 0.15) is 17.2 Å². The van der Waals surface area contributed by atoms with Crippen molar-refractivity contribution in [2.24, 2.45) is 10.9 Å². The van der Waals surface area contributed by atoms with Gasteiger partial charge in [-0.05, 0) is 83.4 Å². The van der Waals surface area contributed by atoms with Crippen LogP contribution in [0.25, 0.3) is 0 Å². The predicted octanol–water partition coefficient (Wildman–Crippen LogP) is 4.99. The molecule has 0 aliphatic carbocycles. The fourth-order valence-corrected chi connectivity index (χ4v) is 3.47. The van der Waals surface area contributed by atoms with Crippen LogP contribution in [0.2, 0.25) is 0 Å². The van der Waals surface area contributed by atoms with Crippen LogP contribution in [0, 0.1) is 0 Å². The number of unbranched alkanes of at least 4 members (excludes halogenated alkanes) is 2. The number of hydrogen-bond donors (Lipinski definition) is 2. The van der Waals surface area contributed by atoms with Crippen molar-refractivity contribution in [1.29, 1.82) is 0 Å². The van der Waals surface area contributed by atoms with Crippen molar-refractivity contribution in [3.8, 4) is 17.2 Å². The lowest BCUT2D eigenvalue weighted by Crippen LogP contribution is -2.42. The van der Waals surface area contributed by atoms with E-state index < -0.39 is 0 Å². The van der Waals surface area contributed by atoms with Gasteiger partial charge in [-0.2, -0.15) is 5.10 Å². The molecule has 0 heterocycles. The summed E-state index contributed by atoms with van der Waals surface area (Å²) in [6.07, 6.45) is 4.12. The Kier molecular flexibility index (Phi) is 12.1. The van der Waals surface area contributed by atoms with Crippen LogP contribution in [0.3, 0.4) is 0 Å². The largest absolute Gasteiger partial charge is 0.507 e. The first-order chi connectivity index (χ1) is 15.3. The molecule has 0 saturated heterocycles. The highest BCUT2D eigenvalue weighted by molar-refractivity contribution is 5.94. The molecule has 2 aromatic rings. The Labute approximate surface area is 203 Å². The molecule has 182 valence electrons. The minimum atomic E-state index is 0. The second-order valence-corrected chi connectivity index (χ2v) is 8.18. The standard InChI is InChI=1S/C25H35N3O4.ClH/c1-18(2)28(19(3)4)25(30)20-8-11-22(12-9-20)31-14-6-5-7-15-32-23-13-10-21(17-27-26)24(29)16-23;/h8-13,16-19,29H,5-7,14-15,26H2,1-4H3;1H. The fraction of sp³-hybridized carbons (Fsp3) is 0.440. The summed E-state index contributed by atoms with van der Waals surface area (Å²) >= 11 is 0. The van der Waals surface area contributed by atoms with Gasteiger partial charge >= 0.3 is 0 Å². The maximum absolute atomic E-state index is 12.7. The van der Waals surface area contributed by atoms with Crippen LogP contribution >= 0.6 is 12.4 Å². The zero-order valence-electron chi connectivity index (χ0n) is 19.9. The second-order valence-electron chi connectivity index (χ2n) is 8.18. The van der Waals surface area contributed by atoms with Crippen molar-refractivity contribution in [2.45, 2.75) is 59.0 Å². The molecule has 0 atom stereocenters. The molecule has 0 saturated carbocycles. The van der Waals surface area contributed by atoms with Crippen molar-refractivity contribution >= 4 is 24.5 Å². The summed E-state index contributed by atoms with van der Waals surface area (Å²) in [6, 6.07) is 12.7. The molecule has 0 radical (unpaired) electrons. The van der Waals surface area contributed by atoms with E-state index in [1.807, 2.05) is 56.9 Å². The van der Waals surface area contributed by atoms with Crippen LogP contribution in [-0.2, 0) is 0 Å². The van der Waals surface area contributed by atoms with Gasteiger partial charge in [0.05, 0.1) is 19.4 Å². The number of halogens is 1. The number of aromatic hydroxyl groups is 1. The molecule has 33 heavy (non-hydrogen) atoms. The minimum Gasteiger partial charge on any atom is -0.507 e. The van der Waals surface area contributed by atoms with Crippen molar-refractivity contribution < 1.29 is 19.4 Å². The Bertz CT molecular complexity index is 878. The van der Waals surface area contributed by atoms with Crippen molar-refractivity contribution in [3.05, 3.63) is 53.6 Å². The van der Waals surface area contributed by atoms with Gasteiger partial charge in [-0.25, -0.2) is 0 Å². The topological polar surface area (TPSA) is 97.4 Å². The molecular formula is C25H36ClN3O4. The number of nitrogens with two attached hydrogens (primary N) is 1. The average Bonchev–Trinajstić information content (AvgIpc) is 2.75. The van der Waals surface area contributed by atoms with E-state index in [-0.39, 0.29) is 36.1 Å². The van der Waals surface area contributed by atoms with Crippen molar-refractivity contribution in [2.75, 3.05) is 13.2 Å². The van der Waals surface area contributed by atoms with E-state index >= 15 is 0 Å². The third kappa shape index (κ3) is 8.85. The minimum absolute atomic E-state index is 0. The number of rotatable bonds is 12. The van der Waals surface area contributed by atoms with Crippen LogP contribution < -0.4 is 15.3 Å². The molecule has 0 fully saturated rings.